The fourth-order valence-corrected chi connectivity index (χ4v) is 2.51. The normalized spacial score (nSPS) is 10.3. The lowest BCUT2D eigenvalue weighted by atomic mass is 10.2. The molecule has 0 aliphatic rings. The van der Waals surface area contributed by atoms with Crippen molar-refractivity contribution in [3.05, 3.63) is 72.2 Å². The Hall–Kier alpha value is -3.48. The number of nitrogens with zero attached hydrogens (tertiary/aromatic N) is 4. The summed E-state index contributed by atoms with van der Waals surface area (Å²) in [5.74, 6) is 1.14. The Kier molecular flexibility index (Phi) is 5.94. The number of benzene rings is 1. The van der Waals surface area contributed by atoms with Crippen LogP contribution < -0.4 is 10.1 Å². The van der Waals surface area contributed by atoms with Gasteiger partial charge < -0.3 is 15.0 Å². The van der Waals surface area contributed by atoms with Gasteiger partial charge in [-0.15, -0.1) is 10.2 Å². The second-order valence-electron chi connectivity index (χ2n) is 5.99. The molecule has 0 fully saturated rings. The summed E-state index contributed by atoms with van der Waals surface area (Å²) in [6.45, 7) is 0.592. The van der Waals surface area contributed by atoms with Crippen molar-refractivity contribution in [3.8, 4) is 5.75 Å². The van der Waals surface area contributed by atoms with Crippen molar-refractivity contribution in [3.63, 3.8) is 0 Å². The lowest BCUT2D eigenvalue weighted by molar-refractivity contribution is 0.0789. The van der Waals surface area contributed by atoms with E-state index in [1.807, 2.05) is 36.4 Å². The van der Waals surface area contributed by atoms with Gasteiger partial charge >= 0.3 is 0 Å². The number of hydrogen-bond donors (Lipinski definition) is 1. The predicted molar refractivity (Wildman–Crippen MR) is 103 cm³/mol. The smallest absolute Gasteiger partial charge is 0.274 e. The van der Waals surface area contributed by atoms with Crippen LogP contribution in [0.5, 0.6) is 5.75 Å². The van der Waals surface area contributed by atoms with Crippen LogP contribution in [0.4, 0.5) is 11.5 Å². The summed E-state index contributed by atoms with van der Waals surface area (Å²) in [7, 11) is 3.37. The predicted octanol–water partition coefficient (Wildman–Crippen LogP) is 2.94. The van der Waals surface area contributed by atoms with E-state index < -0.39 is 0 Å². The molecule has 7 heteroatoms. The number of carbonyl (C=O) groups excluding carboxylic acids is 1. The summed E-state index contributed by atoms with van der Waals surface area (Å²) >= 11 is 0. The van der Waals surface area contributed by atoms with Crippen LogP contribution in [-0.2, 0) is 6.42 Å². The molecule has 1 aromatic carbocycles. The maximum absolute atomic E-state index is 12.5. The van der Waals surface area contributed by atoms with Crippen LogP contribution in [0.2, 0.25) is 0 Å². The van der Waals surface area contributed by atoms with Crippen molar-refractivity contribution < 1.29 is 9.53 Å². The van der Waals surface area contributed by atoms with E-state index in [0.717, 1.165) is 23.4 Å². The van der Waals surface area contributed by atoms with Crippen molar-refractivity contribution in [2.45, 2.75) is 6.42 Å². The van der Waals surface area contributed by atoms with Gasteiger partial charge in [0.1, 0.15) is 5.75 Å². The number of amides is 1. The second-order valence-corrected chi connectivity index (χ2v) is 5.99. The topological polar surface area (TPSA) is 80.2 Å². The van der Waals surface area contributed by atoms with Crippen LogP contribution in [0.1, 0.15) is 16.1 Å². The molecule has 0 bridgehead atoms. The standard InChI is InChI=1S/C20H21N5O2/c1-25(13-10-15-8-11-21-12-9-15)20(26)18-6-7-19(24-23-18)22-16-4-3-5-17(14-16)27-2/h3-9,11-12,14H,10,13H2,1-2H3,(H,22,24). The second kappa shape index (κ2) is 8.75. The fraction of sp³-hybridized carbons (Fsp3) is 0.200. The van der Waals surface area contributed by atoms with Crippen molar-refractivity contribution in [1.82, 2.24) is 20.1 Å². The highest BCUT2D eigenvalue weighted by atomic mass is 16.5. The van der Waals surface area contributed by atoms with E-state index >= 15 is 0 Å². The first-order valence-corrected chi connectivity index (χ1v) is 8.55. The summed E-state index contributed by atoms with van der Waals surface area (Å²) in [5.41, 5.74) is 2.27. The monoisotopic (exact) mass is 363 g/mol. The van der Waals surface area contributed by atoms with Gasteiger partial charge in [-0.3, -0.25) is 9.78 Å². The molecule has 27 heavy (non-hydrogen) atoms. The quantitative estimate of drug-likeness (QED) is 0.695. The number of methoxy groups -OCH3 is 1. The number of hydrogen-bond acceptors (Lipinski definition) is 6. The van der Waals surface area contributed by atoms with Crippen molar-refractivity contribution in [2.75, 3.05) is 26.0 Å². The molecule has 0 atom stereocenters. The third kappa shape index (κ3) is 5.01. The molecule has 0 aliphatic heterocycles. The van der Waals surface area contributed by atoms with Crippen LogP contribution in [0, 0.1) is 0 Å². The van der Waals surface area contributed by atoms with Gasteiger partial charge in [-0.2, -0.15) is 0 Å². The Balaban J connectivity index is 1.59. The van der Waals surface area contributed by atoms with Gasteiger partial charge in [0.25, 0.3) is 5.91 Å². The number of rotatable bonds is 7. The third-order valence-electron chi connectivity index (χ3n) is 4.06. The summed E-state index contributed by atoms with van der Waals surface area (Å²) in [6.07, 6.45) is 4.25. The number of aromatic nitrogens is 3. The first-order valence-electron chi connectivity index (χ1n) is 8.55. The van der Waals surface area contributed by atoms with E-state index in [0.29, 0.717) is 18.1 Å². The SMILES string of the molecule is COc1cccc(Nc2ccc(C(=O)N(C)CCc3ccncc3)nn2)c1. The van der Waals surface area contributed by atoms with E-state index in [2.05, 4.69) is 20.5 Å². The largest absolute Gasteiger partial charge is 0.497 e. The Labute approximate surface area is 158 Å². The molecule has 0 aliphatic carbocycles. The lowest BCUT2D eigenvalue weighted by Gasteiger charge is -2.16. The molecule has 0 spiro atoms. The first kappa shape index (κ1) is 18.3. The number of carbonyl (C=O) groups is 1. The minimum atomic E-state index is -0.163. The third-order valence-corrected chi connectivity index (χ3v) is 4.06. The van der Waals surface area contributed by atoms with Gasteiger partial charge in [-0.25, -0.2) is 0 Å². The number of anilines is 2. The highest BCUT2D eigenvalue weighted by Crippen LogP contribution is 2.19. The van der Waals surface area contributed by atoms with Crippen LogP contribution in [0.15, 0.2) is 60.9 Å². The minimum Gasteiger partial charge on any atom is -0.497 e. The van der Waals surface area contributed by atoms with Gasteiger partial charge in [0.05, 0.1) is 7.11 Å². The van der Waals surface area contributed by atoms with E-state index in [1.54, 1.807) is 43.6 Å². The van der Waals surface area contributed by atoms with Crippen LogP contribution in [-0.4, -0.2) is 46.7 Å². The summed E-state index contributed by atoms with van der Waals surface area (Å²) in [4.78, 5) is 18.1. The number of ether oxygens (including phenoxy) is 1. The lowest BCUT2D eigenvalue weighted by Crippen LogP contribution is -2.29. The van der Waals surface area contributed by atoms with Gasteiger partial charge in [-0.1, -0.05) is 6.07 Å². The van der Waals surface area contributed by atoms with Gasteiger partial charge in [-0.05, 0) is 48.4 Å². The molecule has 1 amide bonds. The minimum absolute atomic E-state index is 0.163. The number of likely N-dealkylation sites (N-methyl/N-ethyl adjacent to an activating group) is 1. The van der Waals surface area contributed by atoms with Crippen molar-refractivity contribution in [2.24, 2.45) is 0 Å². The summed E-state index contributed by atoms with van der Waals surface area (Å²) < 4.78 is 5.19. The average Bonchev–Trinajstić information content (AvgIpc) is 2.73. The number of pyridine rings is 1. The molecule has 1 N–H and O–H groups in total. The summed E-state index contributed by atoms with van der Waals surface area (Å²) in [6, 6.07) is 14.8. The Bertz CT molecular complexity index is 884. The molecule has 0 unspecified atom stereocenters. The molecule has 2 aromatic heterocycles. The van der Waals surface area contributed by atoms with Crippen molar-refractivity contribution >= 4 is 17.4 Å². The zero-order chi connectivity index (χ0) is 19.1. The highest BCUT2D eigenvalue weighted by molar-refractivity contribution is 5.92. The maximum Gasteiger partial charge on any atom is 0.274 e. The Morgan fingerprint density at radius 1 is 1.11 bits per heavy atom. The highest BCUT2D eigenvalue weighted by Gasteiger charge is 2.14. The molecule has 3 aromatic rings. The zero-order valence-electron chi connectivity index (χ0n) is 15.3. The molecule has 0 saturated carbocycles. The molecular formula is C20H21N5O2. The molecule has 0 radical (unpaired) electrons. The van der Waals surface area contributed by atoms with Crippen LogP contribution >= 0.6 is 0 Å². The fourth-order valence-electron chi connectivity index (χ4n) is 2.51. The number of nitrogens with one attached hydrogen (secondary N) is 1. The van der Waals surface area contributed by atoms with Crippen LogP contribution in [0.25, 0.3) is 0 Å². The van der Waals surface area contributed by atoms with Crippen LogP contribution in [0.3, 0.4) is 0 Å². The van der Waals surface area contributed by atoms with E-state index in [1.165, 1.54) is 0 Å². The molecular weight excluding hydrogens is 342 g/mol. The zero-order valence-corrected chi connectivity index (χ0v) is 15.3. The van der Waals surface area contributed by atoms with Gasteiger partial charge in [0.15, 0.2) is 11.5 Å². The molecule has 0 saturated heterocycles. The summed E-state index contributed by atoms with van der Waals surface area (Å²) in [5, 5.41) is 11.3. The van der Waals surface area contributed by atoms with E-state index in [-0.39, 0.29) is 5.91 Å². The molecule has 3 rings (SSSR count). The molecule has 2 heterocycles. The molecule has 138 valence electrons. The van der Waals surface area contributed by atoms with E-state index in [4.69, 9.17) is 4.74 Å². The Morgan fingerprint density at radius 2 is 1.93 bits per heavy atom. The molecule has 7 nitrogen and oxygen atoms in total. The first-order chi connectivity index (χ1) is 13.2. The maximum atomic E-state index is 12.5. The van der Waals surface area contributed by atoms with E-state index in [9.17, 15) is 4.79 Å². The van der Waals surface area contributed by atoms with Crippen molar-refractivity contribution in [1.29, 1.82) is 0 Å². The average molecular weight is 363 g/mol. The Morgan fingerprint density at radius 3 is 2.63 bits per heavy atom. The van der Waals surface area contributed by atoms with Gasteiger partial charge in [0, 0.05) is 37.7 Å². The van der Waals surface area contributed by atoms with Gasteiger partial charge in [0.2, 0.25) is 0 Å².